The van der Waals surface area contributed by atoms with E-state index in [9.17, 15) is 4.79 Å². The number of rotatable bonds is 1. The molecule has 1 nitrogen and oxygen atoms in total. The Labute approximate surface area is 135 Å². The lowest BCUT2D eigenvalue weighted by atomic mass is 10.2. The molecule has 6 heteroatoms. The van der Waals surface area contributed by atoms with Crippen LogP contribution in [-0.4, -0.2) is 5.24 Å². The Morgan fingerprint density at radius 1 is 1.08 bits per heavy atom. The van der Waals surface area contributed by atoms with Gasteiger partial charge in [-0.2, -0.15) is 0 Å². The number of carbonyl (C=O) groups excluding carboxylic acids is 1. The molecule has 1 rings (SSSR count). The SMILES string of the molecule is O=C(Cl)c1cc(I)c(I)c(I)c1I. The minimum Gasteiger partial charge on any atom is -0.276 e. The monoisotopic (exact) mass is 644 g/mol. The predicted octanol–water partition coefficient (Wildman–Crippen LogP) is 4.48. The van der Waals surface area contributed by atoms with E-state index in [1.165, 1.54) is 3.57 Å². The van der Waals surface area contributed by atoms with Gasteiger partial charge in [0.1, 0.15) is 0 Å². The summed E-state index contributed by atoms with van der Waals surface area (Å²) in [5.41, 5.74) is 0.594. The fourth-order valence-corrected chi connectivity index (χ4v) is 4.31. The third-order valence-electron chi connectivity index (χ3n) is 1.31. The molecule has 0 atom stereocenters. The summed E-state index contributed by atoms with van der Waals surface area (Å²) in [6.07, 6.45) is 0. The molecule has 1 aromatic carbocycles. The van der Waals surface area contributed by atoms with Crippen molar-refractivity contribution < 1.29 is 4.79 Å². The van der Waals surface area contributed by atoms with Crippen LogP contribution in [0.15, 0.2) is 6.07 Å². The smallest absolute Gasteiger partial charge is 0.253 e. The minimum absolute atomic E-state index is 0.392. The van der Waals surface area contributed by atoms with Crippen LogP contribution in [-0.2, 0) is 0 Å². The van der Waals surface area contributed by atoms with Gasteiger partial charge in [0, 0.05) is 19.8 Å². The highest BCUT2D eigenvalue weighted by Gasteiger charge is 2.15. The Bertz CT molecular complexity index is 377. The average molecular weight is 644 g/mol. The maximum atomic E-state index is 11.0. The lowest BCUT2D eigenvalue weighted by Crippen LogP contribution is -2.00. The molecular weight excluding hydrogens is 643 g/mol. The topological polar surface area (TPSA) is 17.1 Å². The lowest BCUT2D eigenvalue weighted by Gasteiger charge is -2.06. The summed E-state index contributed by atoms with van der Waals surface area (Å²) in [5.74, 6) is 0. The van der Waals surface area contributed by atoms with Gasteiger partial charge in [-0.15, -0.1) is 0 Å². The van der Waals surface area contributed by atoms with E-state index in [-0.39, 0.29) is 0 Å². The highest BCUT2D eigenvalue weighted by atomic mass is 127. The van der Waals surface area contributed by atoms with E-state index < -0.39 is 5.24 Å². The van der Waals surface area contributed by atoms with Crippen LogP contribution in [0.1, 0.15) is 10.4 Å². The van der Waals surface area contributed by atoms with Gasteiger partial charge in [0.05, 0.1) is 0 Å². The van der Waals surface area contributed by atoms with Crippen LogP contribution in [0.2, 0.25) is 0 Å². The zero-order valence-electron chi connectivity index (χ0n) is 5.88. The summed E-state index contributed by atoms with van der Waals surface area (Å²) in [6, 6.07) is 1.82. The zero-order chi connectivity index (χ0) is 10.2. The molecule has 0 spiro atoms. The molecule has 1 aromatic rings. The van der Waals surface area contributed by atoms with Gasteiger partial charge in [0.25, 0.3) is 5.24 Å². The molecule has 0 aliphatic heterocycles. The normalized spacial score (nSPS) is 10.2. The number of carbonyl (C=O) groups is 1. The molecule has 70 valence electrons. The number of benzene rings is 1. The standard InChI is InChI=1S/C7HClI4O/c8-7(13)2-1-3(9)5(11)6(12)4(2)10/h1H. The van der Waals surface area contributed by atoms with Gasteiger partial charge < -0.3 is 0 Å². The van der Waals surface area contributed by atoms with Crippen molar-refractivity contribution in [2.45, 2.75) is 0 Å². The second-order valence-corrected chi connectivity index (χ2v) is 6.86. The van der Waals surface area contributed by atoms with Gasteiger partial charge in [0.2, 0.25) is 0 Å². The van der Waals surface area contributed by atoms with Crippen molar-refractivity contribution in [1.29, 1.82) is 0 Å². The summed E-state index contributed by atoms with van der Waals surface area (Å²) in [5, 5.41) is -0.392. The number of hydrogen-bond acceptors (Lipinski definition) is 1. The van der Waals surface area contributed by atoms with Crippen LogP contribution in [0.3, 0.4) is 0 Å². The van der Waals surface area contributed by atoms with Gasteiger partial charge >= 0.3 is 0 Å². The first-order valence-electron chi connectivity index (χ1n) is 2.98. The van der Waals surface area contributed by atoms with Gasteiger partial charge in [-0.25, -0.2) is 0 Å². The van der Waals surface area contributed by atoms with Crippen molar-refractivity contribution in [3.63, 3.8) is 0 Å². The second kappa shape index (κ2) is 5.43. The minimum atomic E-state index is -0.392. The van der Waals surface area contributed by atoms with Crippen LogP contribution < -0.4 is 0 Å². The van der Waals surface area contributed by atoms with Gasteiger partial charge in [-0.1, -0.05) is 0 Å². The Morgan fingerprint density at radius 3 is 2.08 bits per heavy atom. The van der Waals surface area contributed by atoms with Crippen molar-refractivity contribution in [1.82, 2.24) is 0 Å². The summed E-state index contributed by atoms with van der Waals surface area (Å²) in [6.45, 7) is 0. The van der Waals surface area contributed by atoms with E-state index in [1.807, 2.05) is 6.07 Å². The largest absolute Gasteiger partial charge is 0.276 e. The second-order valence-electron chi connectivity index (χ2n) is 2.12. The highest BCUT2D eigenvalue weighted by molar-refractivity contribution is 14.1. The molecule has 0 aromatic heterocycles. The van der Waals surface area contributed by atoms with Crippen LogP contribution in [0, 0.1) is 14.3 Å². The lowest BCUT2D eigenvalue weighted by molar-refractivity contribution is 0.108. The summed E-state index contributed by atoms with van der Waals surface area (Å²) in [7, 11) is 0. The molecule has 0 fully saturated rings. The summed E-state index contributed by atoms with van der Waals surface area (Å²) < 4.78 is 4.26. The first kappa shape index (κ1) is 13.2. The average Bonchev–Trinajstić information content (AvgIpc) is 2.07. The Kier molecular flexibility index (Phi) is 5.50. The fraction of sp³-hybridized carbons (Fsp3) is 0. The van der Waals surface area contributed by atoms with Crippen molar-refractivity contribution >= 4 is 107 Å². The third kappa shape index (κ3) is 3.03. The molecule has 0 N–H and O–H groups in total. The van der Waals surface area contributed by atoms with E-state index in [2.05, 4.69) is 90.4 Å². The van der Waals surface area contributed by atoms with Crippen LogP contribution in [0.5, 0.6) is 0 Å². The van der Waals surface area contributed by atoms with Crippen molar-refractivity contribution in [2.24, 2.45) is 0 Å². The van der Waals surface area contributed by atoms with E-state index in [0.717, 1.165) is 10.7 Å². The summed E-state index contributed by atoms with van der Waals surface area (Å²) >= 11 is 14.3. The van der Waals surface area contributed by atoms with Crippen LogP contribution in [0.4, 0.5) is 0 Å². The number of hydrogen-bond donors (Lipinski definition) is 0. The third-order valence-corrected chi connectivity index (χ3v) is 8.78. The molecule has 0 saturated carbocycles. The zero-order valence-corrected chi connectivity index (χ0v) is 15.3. The van der Waals surface area contributed by atoms with Gasteiger partial charge in [-0.3, -0.25) is 4.79 Å². The quantitative estimate of drug-likeness (QED) is 0.191. The molecule has 0 bridgehead atoms. The van der Waals surface area contributed by atoms with Crippen molar-refractivity contribution in [3.8, 4) is 0 Å². The molecule has 0 radical (unpaired) electrons. The van der Waals surface area contributed by atoms with Gasteiger partial charge in [-0.05, 0) is 108 Å². The van der Waals surface area contributed by atoms with E-state index in [1.54, 1.807) is 0 Å². The van der Waals surface area contributed by atoms with Crippen LogP contribution >= 0.6 is 102 Å². The maximum Gasteiger partial charge on any atom is 0.253 e. The molecule has 0 amide bonds. The van der Waals surface area contributed by atoms with Crippen molar-refractivity contribution in [2.75, 3.05) is 0 Å². The maximum absolute atomic E-state index is 11.0. The van der Waals surface area contributed by atoms with E-state index in [0.29, 0.717) is 5.56 Å². The molecule has 0 unspecified atom stereocenters. The van der Waals surface area contributed by atoms with E-state index >= 15 is 0 Å². The van der Waals surface area contributed by atoms with Gasteiger partial charge in [0.15, 0.2) is 0 Å². The highest BCUT2D eigenvalue weighted by Crippen LogP contribution is 2.29. The first-order valence-corrected chi connectivity index (χ1v) is 7.67. The van der Waals surface area contributed by atoms with Crippen LogP contribution in [0.25, 0.3) is 0 Å². The molecule has 0 saturated heterocycles. The predicted molar refractivity (Wildman–Crippen MR) is 87.5 cm³/mol. The van der Waals surface area contributed by atoms with E-state index in [4.69, 9.17) is 11.6 Å². The summed E-state index contributed by atoms with van der Waals surface area (Å²) in [4.78, 5) is 11.0. The Hall–Kier alpha value is 2.10. The molecule has 0 aliphatic carbocycles. The molecule has 0 aliphatic rings. The number of halogens is 5. The first-order chi connectivity index (χ1) is 5.95. The Balaban J connectivity index is 3.50. The Morgan fingerprint density at radius 2 is 1.62 bits per heavy atom. The molecule has 0 heterocycles. The fourth-order valence-electron chi connectivity index (χ4n) is 0.716. The van der Waals surface area contributed by atoms with Crippen molar-refractivity contribution in [3.05, 3.63) is 25.9 Å². The molecule has 13 heavy (non-hydrogen) atoms. The molecular formula is C7HClI4O.